The lowest BCUT2D eigenvalue weighted by Gasteiger charge is -2.13. The molecule has 0 fully saturated rings. The van der Waals surface area contributed by atoms with Gasteiger partial charge in [-0.15, -0.1) is 0 Å². The Morgan fingerprint density at radius 2 is 2.00 bits per heavy atom. The highest BCUT2D eigenvalue weighted by Gasteiger charge is 2.08. The Morgan fingerprint density at radius 3 is 2.50 bits per heavy atom. The zero-order chi connectivity index (χ0) is 12.0. The lowest BCUT2D eigenvalue weighted by Crippen LogP contribution is -2.26. The summed E-state index contributed by atoms with van der Waals surface area (Å²) in [6.07, 6.45) is 0.0828. The van der Waals surface area contributed by atoms with Crippen LogP contribution < -0.4 is 5.73 Å². The van der Waals surface area contributed by atoms with E-state index in [0.29, 0.717) is 13.2 Å². The second-order valence-electron chi connectivity index (χ2n) is 3.56. The Kier molecular flexibility index (Phi) is 5.73. The van der Waals surface area contributed by atoms with Gasteiger partial charge in [0.25, 0.3) is 0 Å². The number of aryl methyl sites for hydroxylation is 2. The molecule has 0 aromatic carbocycles. The fraction of sp³-hybridized carbons (Fsp3) is 0.636. The number of aromatic nitrogens is 2. The molecule has 1 aromatic rings. The van der Waals surface area contributed by atoms with Gasteiger partial charge in [-0.2, -0.15) is 0 Å². The molecule has 5 heteroatoms. The van der Waals surface area contributed by atoms with Gasteiger partial charge in [-0.25, -0.2) is 9.97 Å². The predicted molar refractivity (Wildman–Crippen MR) is 66.7 cm³/mol. The Balaban J connectivity index is 2.52. The third-order valence-corrected chi connectivity index (χ3v) is 3.00. The molecule has 0 amide bonds. The lowest BCUT2D eigenvalue weighted by molar-refractivity contribution is 0.0858. The summed E-state index contributed by atoms with van der Waals surface area (Å²) >= 11 is 1.59. The van der Waals surface area contributed by atoms with E-state index in [2.05, 4.69) is 9.97 Å². The highest BCUT2D eigenvalue weighted by Crippen LogP contribution is 2.15. The van der Waals surface area contributed by atoms with Crippen LogP contribution in [0.5, 0.6) is 0 Å². The van der Waals surface area contributed by atoms with Crippen molar-refractivity contribution in [3.8, 4) is 0 Å². The van der Waals surface area contributed by atoms with Crippen molar-refractivity contribution >= 4 is 11.8 Å². The second-order valence-corrected chi connectivity index (χ2v) is 4.54. The fourth-order valence-electron chi connectivity index (χ4n) is 1.35. The minimum atomic E-state index is 0.0828. The Labute approximate surface area is 101 Å². The monoisotopic (exact) mass is 241 g/mol. The maximum atomic E-state index is 5.60. The third-order valence-electron chi connectivity index (χ3n) is 2.03. The summed E-state index contributed by atoms with van der Waals surface area (Å²) in [4.78, 5) is 8.71. The van der Waals surface area contributed by atoms with Crippen molar-refractivity contribution in [1.82, 2.24) is 9.97 Å². The topological polar surface area (TPSA) is 61.0 Å². The molecule has 1 unspecified atom stereocenters. The van der Waals surface area contributed by atoms with Crippen LogP contribution >= 0.6 is 11.8 Å². The summed E-state index contributed by atoms with van der Waals surface area (Å²) < 4.78 is 5.47. The van der Waals surface area contributed by atoms with Crippen molar-refractivity contribution in [1.29, 1.82) is 0 Å². The van der Waals surface area contributed by atoms with Crippen molar-refractivity contribution in [2.24, 2.45) is 5.73 Å². The van der Waals surface area contributed by atoms with Crippen molar-refractivity contribution in [2.75, 3.05) is 18.9 Å². The average molecular weight is 241 g/mol. The normalized spacial score (nSPS) is 12.8. The van der Waals surface area contributed by atoms with E-state index in [9.17, 15) is 0 Å². The molecular formula is C11H19N3OS. The van der Waals surface area contributed by atoms with Gasteiger partial charge in [0.2, 0.25) is 0 Å². The lowest BCUT2D eigenvalue weighted by atomic mass is 10.4. The largest absolute Gasteiger partial charge is 0.376 e. The number of rotatable bonds is 6. The van der Waals surface area contributed by atoms with E-state index in [4.69, 9.17) is 10.5 Å². The van der Waals surface area contributed by atoms with Crippen LogP contribution in [0.2, 0.25) is 0 Å². The summed E-state index contributed by atoms with van der Waals surface area (Å²) in [5, 5.41) is 0.802. The van der Waals surface area contributed by atoms with Gasteiger partial charge in [0, 0.05) is 30.3 Å². The van der Waals surface area contributed by atoms with Crippen LogP contribution in [-0.2, 0) is 4.74 Å². The SMILES string of the molecule is CCOC(CN)CSc1nc(C)cc(C)n1. The van der Waals surface area contributed by atoms with Crippen LogP contribution in [-0.4, -0.2) is 35.0 Å². The standard InChI is InChI=1S/C11H19N3OS/c1-4-15-10(6-12)7-16-11-13-8(2)5-9(3)14-11/h5,10H,4,6-7,12H2,1-3H3. The van der Waals surface area contributed by atoms with Crippen LogP contribution in [0.4, 0.5) is 0 Å². The van der Waals surface area contributed by atoms with E-state index in [1.165, 1.54) is 0 Å². The molecule has 0 radical (unpaired) electrons. The molecule has 1 aromatic heterocycles. The molecule has 4 nitrogen and oxygen atoms in total. The predicted octanol–water partition coefficient (Wildman–Crippen LogP) is 1.55. The van der Waals surface area contributed by atoms with Crippen LogP contribution in [0, 0.1) is 13.8 Å². The van der Waals surface area contributed by atoms with E-state index in [1.54, 1.807) is 11.8 Å². The number of hydrogen-bond donors (Lipinski definition) is 1. The Bertz CT molecular complexity index is 313. The van der Waals surface area contributed by atoms with Gasteiger partial charge in [-0.05, 0) is 26.8 Å². The molecule has 0 aliphatic heterocycles. The molecule has 90 valence electrons. The Morgan fingerprint density at radius 1 is 1.38 bits per heavy atom. The first-order chi connectivity index (χ1) is 7.65. The zero-order valence-electron chi connectivity index (χ0n) is 10.1. The molecular weight excluding hydrogens is 222 g/mol. The molecule has 0 saturated heterocycles. The van der Waals surface area contributed by atoms with Gasteiger partial charge in [0.1, 0.15) is 0 Å². The molecule has 0 aliphatic carbocycles. The van der Waals surface area contributed by atoms with E-state index in [-0.39, 0.29) is 6.10 Å². The maximum absolute atomic E-state index is 5.60. The number of hydrogen-bond acceptors (Lipinski definition) is 5. The van der Waals surface area contributed by atoms with E-state index < -0.39 is 0 Å². The van der Waals surface area contributed by atoms with Gasteiger partial charge in [-0.1, -0.05) is 11.8 Å². The summed E-state index contributed by atoms with van der Waals surface area (Å²) in [5.74, 6) is 0.799. The number of thioether (sulfide) groups is 1. The summed E-state index contributed by atoms with van der Waals surface area (Å²) in [6.45, 7) is 7.14. The quantitative estimate of drug-likeness (QED) is 0.605. The molecule has 2 N–H and O–H groups in total. The molecule has 0 spiro atoms. The molecule has 1 heterocycles. The summed E-state index contributed by atoms with van der Waals surface area (Å²) in [5.41, 5.74) is 7.60. The number of nitrogens with zero attached hydrogens (tertiary/aromatic N) is 2. The smallest absolute Gasteiger partial charge is 0.188 e. The van der Waals surface area contributed by atoms with Crippen LogP contribution in [0.25, 0.3) is 0 Å². The minimum Gasteiger partial charge on any atom is -0.376 e. The summed E-state index contributed by atoms with van der Waals surface area (Å²) in [6, 6.07) is 1.97. The summed E-state index contributed by atoms with van der Waals surface area (Å²) in [7, 11) is 0. The van der Waals surface area contributed by atoms with Crippen LogP contribution in [0.1, 0.15) is 18.3 Å². The van der Waals surface area contributed by atoms with E-state index >= 15 is 0 Å². The van der Waals surface area contributed by atoms with Crippen molar-refractivity contribution in [3.63, 3.8) is 0 Å². The molecule has 0 saturated carbocycles. The van der Waals surface area contributed by atoms with Gasteiger partial charge in [0.15, 0.2) is 5.16 Å². The number of ether oxygens (including phenoxy) is 1. The molecule has 1 rings (SSSR count). The van der Waals surface area contributed by atoms with Crippen LogP contribution in [0.3, 0.4) is 0 Å². The van der Waals surface area contributed by atoms with Crippen molar-refractivity contribution < 1.29 is 4.74 Å². The van der Waals surface area contributed by atoms with Gasteiger partial charge in [0.05, 0.1) is 6.10 Å². The first-order valence-corrected chi connectivity index (χ1v) is 6.41. The first kappa shape index (κ1) is 13.4. The Hall–Kier alpha value is -0.650. The van der Waals surface area contributed by atoms with Crippen LogP contribution in [0.15, 0.2) is 11.2 Å². The fourth-order valence-corrected chi connectivity index (χ4v) is 2.33. The first-order valence-electron chi connectivity index (χ1n) is 5.42. The van der Waals surface area contributed by atoms with Crippen molar-refractivity contribution in [3.05, 3.63) is 17.5 Å². The van der Waals surface area contributed by atoms with E-state index in [1.807, 2.05) is 26.8 Å². The van der Waals surface area contributed by atoms with Gasteiger partial charge in [-0.3, -0.25) is 0 Å². The minimum absolute atomic E-state index is 0.0828. The molecule has 16 heavy (non-hydrogen) atoms. The maximum Gasteiger partial charge on any atom is 0.188 e. The highest BCUT2D eigenvalue weighted by molar-refractivity contribution is 7.99. The zero-order valence-corrected chi connectivity index (χ0v) is 10.9. The average Bonchev–Trinajstić information content (AvgIpc) is 2.23. The third kappa shape index (κ3) is 4.47. The van der Waals surface area contributed by atoms with Crippen molar-refractivity contribution in [2.45, 2.75) is 32.0 Å². The van der Waals surface area contributed by atoms with E-state index in [0.717, 1.165) is 22.3 Å². The molecule has 0 aliphatic rings. The molecule has 0 bridgehead atoms. The number of nitrogens with two attached hydrogens (primary N) is 1. The second kappa shape index (κ2) is 6.83. The van der Waals surface area contributed by atoms with Gasteiger partial charge < -0.3 is 10.5 Å². The van der Waals surface area contributed by atoms with Gasteiger partial charge >= 0.3 is 0 Å². The highest BCUT2D eigenvalue weighted by atomic mass is 32.2. The molecule has 1 atom stereocenters.